The van der Waals surface area contributed by atoms with Crippen molar-refractivity contribution in [1.29, 1.82) is 10.5 Å². The van der Waals surface area contributed by atoms with E-state index in [0.717, 1.165) is 47.3 Å². The van der Waals surface area contributed by atoms with E-state index in [1.165, 1.54) is 38.2 Å². The average Bonchev–Trinajstić information content (AvgIpc) is 3.23. The second-order valence-electron chi connectivity index (χ2n) is 14.4. The van der Waals surface area contributed by atoms with Gasteiger partial charge in [0, 0.05) is 11.1 Å². The number of nitriles is 2. The van der Waals surface area contributed by atoms with Crippen LogP contribution in [0.3, 0.4) is 0 Å². The van der Waals surface area contributed by atoms with E-state index in [9.17, 15) is 19.2 Å². The van der Waals surface area contributed by atoms with Gasteiger partial charge in [-0.25, -0.2) is 9.59 Å². The minimum atomic E-state index is -1.42. The first-order valence-corrected chi connectivity index (χ1v) is 19.7. The third-order valence-electron chi connectivity index (χ3n) is 9.09. The van der Waals surface area contributed by atoms with Gasteiger partial charge >= 0.3 is 23.9 Å². The van der Waals surface area contributed by atoms with E-state index in [1.807, 2.05) is 42.5 Å². The zero-order valence-electron chi connectivity index (χ0n) is 34.3. The molecule has 3 aromatic rings. The van der Waals surface area contributed by atoms with Gasteiger partial charge in [0.05, 0.1) is 18.7 Å². The first-order valence-electron chi connectivity index (χ1n) is 19.7. The van der Waals surface area contributed by atoms with Crippen molar-refractivity contribution >= 4 is 23.9 Å². The molecule has 0 aliphatic rings. The molecule has 0 heterocycles. The molecule has 0 fully saturated rings. The number of carbonyl (C=O) groups excluding carboxylic acids is 4. The van der Waals surface area contributed by atoms with Crippen LogP contribution in [0.25, 0.3) is 11.1 Å². The number of esters is 4. The van der Waals surface area contributed by atoms with E-state index in [1.54, 1.807) is 31.2 Å². The molecule has 12 heteroatoms. The molecule has 0 amide bonds. The molecule has 0 aliphatic heterocycles. The van der Waals surface area contributed by atoms with Gasteiger partial charge in [0.1, 0.15) is 62.8 Å². The lowest BCUT2D eigenvalue weighted by molar-refractivity contribution is -0.162. The van der Waals surface area contributed by atoms with Crippen molar-refractivity contribution in [1.82, 2.24) is 0 Å². The average molecular weight is 807 g/mol. The second kappa shape index (κ2) is 25.1. The number of rotatable bonds is 26. The van der Waals surface area contributed by atoms with Gasteiger partial charge in [-0.2, -0.15) is 10.5 Å². The van der Waals surface area contributed by atoms with E-state index in [4.69, 9.17) is 38.9 Å². The summed E-state index contributed by atoms with van der Waals surface area (Å²) >= 11 is 0. The molecule has 3 rings (SSSR count). The maximum absolute atomic E-state index is 12.4. The minimum Gasteiger partial charge on any atom is -0.494 e. The Morgan fingerprint density at radius 1 is 0.627 bits per heavy atom. The highest BCUT2D eigenvalue weighted by molar-refractivity contribution is 5.87. The molecular weight excluding hydrogens is 753 g/mol. The zero-order valence-corrected chi connectivity index (χ0v) is 34.3. The topological polar surface area (TPSA) is 171 Å². The molecule has 0 saturated carbocycles. The molecule has 0 atom stereocenters. The SMILES string of the molecule is C=C(C)C(=O)OCc1cc(CCCOc2ccc(CCCCCC)cc2)ccc1-c1ccc(OCC(COC(=O)CC#N)(COC(=O)CC#N)COC(=O)C(=C)C)cc1. The van der Waals surface area contributed by atoms with Gasteiger partial charge in [-0.15, -0.1) is 0 Å². The number of benzene rings is 3. The fourth-order valence-corrected chi connectivity index (χ4v) is 5.70. The highest BCUT2D eigenvalue weighted by atomic mass is 16.6. The molecule has 312 valence electrons. The maximum atomic E-state index is 12.4. The van der Waals surface area contributed by atoms with Crippen LogP contribution in [-0.4, -0.2) is 56.9 Å². The summed E-state index contributed by atoms with van der Waals surface area (Å²) in [5.74, 6) is -1.69. The number of aryl methyl sites for hydroxylation is 2. The van der Waals surface area contributed by atoms with E-state index < -0.39 is 62.0 Å². The number of hydrogen-bond donors (Lipinski definition) is 0. The Bertz CT molecular complexity index is 1940. The third-order valence-corrected chi connectivity index (χ3v) is 9.09. The van der Waals surface area contributed by atoms with Gasteiger partial charge < -0.3 is 28.4 Å². The molecule has 3 aromatic carbocycles. The molecular formula is C47H54N2O10. The summed E-state index contributed by atoms with van der Waals surface area (Å²) in [6, 6.07) is 24.8. The van der Waals surface area contributed by atoms with Crippen LogP contribution < -0.4 is 9.47 Å². The molecule has 0 saturated heterocycles. The van der Waals surface area contributed by atoms with Crippen LogP contribution in [-0.2, 0) is 57.6 Å². The van der Waals surface area contributed by atoms with Gasteiger partial charge in [0.15, 0.2) is 0 Å². The number of hydrogen-bond acceptors (Lipinski definition) is 12. The largest absolute Gasteiger partial charge is 0.494 e. The van der Waals surface area contributed by atoms with Crippen LogP contribution in [0.5, 0.6) is 11.5 Å². The molecule has 0 aromatic heterocycles. The molecule has 0 bridgehead atoms. The van der Waals surface area contributed by atoms with Crippen LogP contribution in [0, 0.1) is 28.1 Å². The molecule has 0 N–H and O–H groups in total. The van der Waals surface area contributed by atoms with Crippen molar-refractivity contribution in [2.75, 3.05) is 33.0 Å². The minimum absolute atomic E-state index is 0.0227. The van der Waals surface area contributed by atoms with E-state index in [-0.39, 0.29) is 24.4 Å². The Balaban J connectivity index is 1.76. The van der Waals surface area contributed by atoms with Crippen molar-refractivity contribution in [3.63, 3.8) is 0 Å². The summed E-state index contributed by atoms with van der Waals surface area (Å²) in [6.07, 6.45) is 6.46. The predicted molar refractivity (Wildman–Crippen MR) is 221 cm³/mol. The normalized spacial score (nSPS) is 10.7. The molecule has 0 unspecified atom stereocenters. The summed E-state index contributed by atoms with van der Waals surface area (Å²) in [5, 5.41) is 17.9. The van der Waals surface area contributed by atoms with Gasteiger partial charge in [-0.3, -0.25) is 9.59 Å². The second-order valence-corrected chi connectivity index (χ2v) is 14.4. The van der Waals surface area contributed by atoms with E-state index in [2.05, 4.69) is 32.2 Å². The Labute approximate surface area is 347 Å². The standard InChI is InChI=1S/C47H54N2O10/c1-6-7-8-9-11-36-13-18-40(19-14-36)54-27-10-12-37-15-22-42(39(28-37)29-55-45(52)34(2)3)38-16-20-41(21-17-38)56-30-47(31-57-43(50)23-25-48,32-58-44(51)24-26-49)33-59-46(53)35(4)5/h13-22,28H,2,4,6-12,23-24,27,29-33H2,1,3,5H3. The summed E-state index contributed by atoms with van der Waals surface area (Å²) in [5.41, 5.74) is 3.77. The van der Waals surface area contributed by atoms with Gasteiger partial charge in [0.2, 0.25) is 0 Å². The Morgan fingerprint density at radius 2 is 1.17 bits per heavy atom. The lowest BCUT2D eigenvalue weighted by Gasteiger charge is -2.32. The molecule has 12 nitrogen and oxygen atoms in total. The van der Waals surface area contributed by atoms with Crippen molar-refractivity contribution in [3.8, 4) is 34.8 Å². The maximum Gasteiger partial charge on any atom is 0.333 e. The zero-order chi connectivity index (χ0) is 43.0. The Morgan fingerprint density at radius 3 is 1.76 bits per heavy atom. The summed E-state index contributed by atoms with van der Waals surface area (Å²) in [7, 11) is 0. The molecule has 59 heavy (non-hydrogen) atoms. The fraction of sp³-hybridized carbons (Fsp3) is 0.404. The number of carbonyl (C=O) groups is 4. The molecule has 0 spiro atoms. The van der Waals surface area contributed by atoms with Crippen molar-refractivity contribution in [2.45, 2.75) is 85.2 Å². The lowest BCUT2D eigenvalue weighted by Crippen LogP contribution is -2.44. The fourth-order valence-electron chi connectivity index (χ4n) is 5.70. The van der Waals surface area contributed by atoms with Gasteiger partial charge in [-0.05, 0) is 91.6 Å². The van der Waals surface area contributed by atoms with E-state index >= 15 is 0 Å². The quantitative estimate of drug-likeness (QED) is 0.0328. The Kier molecular flexibility index (Phi) is 20.0. The van der Waals surface area contributed by atoms with Gasteiger partial charge in [-0.1, -0.05) is 81.8 Å². The first kappa shape index (κ1) is 47.0. The summed E-state index contributed by atoms with van der Waals surface area (Å²) in [4.78, 5) is 49.0. The predicted octanol–water partition coefficient (Wildman–Crippen LogP) is 8.51. The number of nitrogens with zero attached hydrogens (tertiary/aromatic N) is 2. The molecule has 0 radical (unpaired) electrons. The smallest absolute Gasteiger partial charge is 0.333 e. The lowest BCUT2D eigenvalue weighted by atomic mass is 9.92. The Hall–Kier alpha value is -6.40. The van der Waals surface area contributed by atoms with Crippen LogP contribution >= 0.6 is 0 Å². The summed E-state index contributed by atoms with van der Waals surface area (Å²) < 4.78 is 33.6. The summed E-state index contributed by atoms with van der Waals surface area (Å²) in [6.45, 7) is 11.5. The van der Waals surface area contributed by atoms with Crippen LogP contribution in [0.1, 0.15) is 82.4 Å². The molecule has 0 aliphatic carbocycles. The van der Waals surface area contributed by atoms with E-state index in [0.29, 0.717) is 12.4 Å². The number of unbranched alkanes of at least 4 members (excludes halogenated alkanes) is 3. The first-order chi connectivity index (χ1) is 28.4. The van der Waals surface area contributed by atoms with Gasteiger partial charge in [0.25, 0.3) is 0 Å². The van der Waals surface area contributed by atoms with Crippen LogP contribution in [0.2, 0.25) is 0 Å². The van der Waals surface area contributed by atoms with Crippen LogP contribution in [0.4, 0.5) is 0 Å². The van der Waals surface area contributed by atoms with Crippen molar-refractivity contribution in [3.05, 3.63) is 108 Å². The van der Waals surface area contributed by atoms with Crippen LogP contribution in [0.15, 0.2) is 91.0 Å². The number of ether oxygens (including phenoxy) is 6. The third kappa shape index (κ3) is 16.9. The van der Waals surface area contributed by atoms with Crippen molar-refractivity contribution in [2.24, 2.45) is 5.41 Å². The highest BCUT2D eigenvalue weighted by Crippen LogP contribution is 2.30. The monoisotopic (exact) mass is 806 g/mol. The van der Waals surface area contributed by atoms with Crippen molar-refractivity contribution < 1.29 is 47.6 Å². The highest BCUT2D eigenvalue weighted by Gasteiger charge is 2.37.